The van der Waals surface area contributed by atoms with Crippen LogP contribution in [0.15, 0.2) is 48.5 Å². The predicted octanol–water partition coefficient (Wildman–Crippen LogP) is 2.58. The molecule has 3 N–H and O–H groups in total. The van der Waals surface area contributed by atoms with Gasteiger partial charge in [-0.25, -0.2) is 4.39 Å². The van der Waals surface area contributed by atoms with E-state index in [1.54, 1.807) is 19.1 Å². The summed E-state index contributed by atoms with van der Waals surface area (Å²) in [5.74, 6) is -0.352. The highest BCUT2D eigenvalue weighted by molar-refractivity contribution is 5.82. The second kappa shape index (κ2) is 7.74. The third kappa shape index (κ3) is 4.29. The fourth-order valence-electron chi connectivity index (χ4n) is 2.47. The van der Waals surface area contributed by atoms with Crippen molar-refractivity contribution in [1.82, 2.24) is 5.32 Å². The third-order valence-electron chi connectivity index (χ3n) is 3.66. The average molecular weight is 316 g/mol. The Morgan fingerprint density at radius 1 is 1.22 bits per heavy atom. The first kappa shape index (κ1) is 17.0. The van der Waals surface area contributed by atoms with E-state index in [0.717, 1.165) is 5.56 Å². The van der Waals surface area contributed by atoms with E-state index in [2.05, 4.69) is 5.32 Å². The minimum Gasteiger partial charge on any atom is -0.496 e. The molecule has 0 aromatic heterocycles. The molecule has 4 nitrogen and oxygen atoms in total. The van der Waals surface area contributed by atoms with Crippen molar-refractivity contribution in [2.24, 2.45) is 5.73 Å². The van der Waals surface area contributed by atoms with Gasteiger partial charge in [-0.2, -0.15) is 0 Å². The molecular formula is C18H21FN2O2. The highest BCUT2D eigenvalue weighted by Gasteiger charge is 2.21. The standard InChI is InChI=1S/C18H21FN2O2/c1-12(17-14(19)9-6-10-16(17)23-2)21-18(22)15(20)11-13-7-4-3-5-8-13/h3-10,12,15H,11,20H2,1-2H3,(H,21,22)/t12?,15-/m0/s1. The van der Waals surface area contributed by atoms with Crippen LogP contribution in [0.2, 0.25) is 0 Å². The van der Waals surface area contributed by atoms with Gasteiger partial charge >= 0.3 is 0 Å². The van der Waals surface area contributed by atoms with Crippen LogP contribution in [0.4, 0.5) is 4.39 Å². The first-order valence-corrected chi connectivity index (χ1v) is 7.45. The van der Waals surface area contributed by atoms with E-state index in [9.17, 15) is 9.18 Å². The number of methoxy groups -OCH3 is 1. The summed E-state index contributed by atoms with van der Waals surface area (Å²) in [6.45, 7) is 1.70. The SMILES string of the molecule is COc1cccc(F)c1C(C)NC(=O)[C@@H](N)Cc1ccccc1. The van der Waals surface area contributed by atoms with E-state index in [1.165, 1.54) is 13.2 Å². The van der Waals surface area contributed by atoms with Crippen molar-refractivity contribution in [1.29, 1.82) is 0 Å². The lowest BCUT2D eigenvalue weighted by Crippen LogP contribution is -2.43. The molecule has 0 spiro atoms. The molecule has 23 heavy (non-hydrogen) atoms. The molecule has 2 rings (SSSR count). The van der Waals surface area contributed by atoms with Gasteiger partial charge < -0.3 is 15.8 Å². The molecule has 0 fully saturated rings. The lowest BCUT2D eigenvalue weighted by atomic mass is 10.0. The lowest BCUT2D eigenvalue weighted by molar-refractivity contribution is -0.123. The Morgan fingerprint density at radius 2 is 1.91 bits per heavy atom. The summed E-state index contributed by atoms with van der Waals surface area (Å²) in [7, 11) is 1.47. The molecule has 0 aliphatic rings. The molecule has 122 valence electrons. The number of carbonyl (C=O) groups is 1. The second-order valence-electron chi connectivity index (χ2n) is 5.38. The second-order valence-corrected chi connectivity index (χ2v) is 5.38. The molecule has 1 amide bonds. The van der Waals surface area contributed by atoms with Crippen LogP contribution < -0.4 is 15.8 Å². The highest BCUT2D eigenvalue weighted by Crippen LogP contribution is 2.27. The largest absolute Gasteiger partial charge is 0.496 e. The van der Waals surface area contributed by atoms with E-state index >= 15 is 0 Å². The number of amides is 1. The number of halogens is 1. The van der Waals surface area contributed by atoms with Crippen molar-refractivity contribution in [2.45, 2.75) is 25.4 Å². The molecule has 0 radical (unpaired) electrons. The van der Waals surface area contributed by atoms with E-state index in [4.69, 9.17) is 10.5 Å². The van der Waals surface area contributed by atoms with Crippen molar-refractivity contribution < 1.29 is 13.9 Å². The van der Waals surface area contributed by atoms with Crippen LogP contribution >= 0.6 is 0 Å². The monoisotopic (exact) mass is 316 g/mol. The van der Waals surface area contributed by atoms with Crippen LogP contribution in [0.3, 0.4) is 0 Å². The van der Waals surface area contributed by atoms with E-state index in [0.29, 0.717) is 17.7 Å². The Hall–Kier alpha value is -2.40. The first-order chi connectivity index (χ1) is 11.0. The van der Waals surface area contributed by atoms with Crippen molar-refractivity contribution in [3.8, 4) is 5.75 Å². The van der Waals surface area contributed by atoms with Gasteiger partial charge in [0.25, 0.3) is 0 Å². The minimum atomic E-state index is -0.697. The fraction of sp³-hybridized carbons (Fsp3) is 0.278. The Kier molecular flexibility index (Phi) is 5.71. The molecule has 2 atom stereocenters. The Labute approximate surface area is 135 Å². The molecular weight excluding hydrogens is 295 g/mol. The number of hydrogen-bond donors (Lipinski definition) is 2. The maximum Gasteiger partial charge on any atom is 0.237 e. The summed E-state index contributed by atoms with van der Waals surface area (Å²) >= 11 is 0. The lowest BCUT2D eigenvalue weighted by Gasteiger charge is -2.20. The van der Waals surface area contributed by atoms with Gasteiger partial charge in [0.05, 0.1) is 24.8 Å². The van der Waals surface area contributed by atoms with Crippen LogP contribution in [0, 0.1) is 5.82 Å². The van der Waals surface area contributed by atoms with Crippen LogP contribution in [0.1, 0.15) is 24.1 Å². The van der Waals surface area contributed by atoms with Gasteiger partial charge in [0.2, 0.25) is 5.91 Å². The van der Waals surface area contributed by atoms with Crippen molar-refractivity contribution >= 4 is 5.91 Å². The number of benzene rings is 2. The summed E-state index contributed by atoms with van der Waals surface area (Å²) < 4.78 is 19.2. The molecule has 0 saturated heterocycles. The topological polar surface area (TPSA) is 64.3 Å². The summed E-state index contributed by atoms with van der Waals surface area (Å²) in [6.07, 6.45) is 0.424. The van der Waals surface area contributed by atoms with Gasteiger partial charge in [-0.3, -0.25) is 4.79 Å². The van der Waals surface area contributed by atoms with Crippen molar-refractivity contribution in [3.63, 3.8) is 0 Å². The van der Waals surface area contributed by atoms with E-state index < -0.39 is 17.9 Å². The van der Waals surface area contributed by atoms with Gasteiger partial charge in [-0.1, -0.05) is 36.4 Å². The predicted molar refractivity (Wildman–Crippen MR) is 87.6 cm³/mol. The maximum atomic E-state index is 14.0. The number of ether oxygens (including phenoxy) is 1. The van der Waals surface area contributed by atoms with E-state index in [-0.39, 0.29) is 5.91 Å². The molecule has 0 bridgehead atoms. The molecule has 0 aliphatic heterocycles. The van der Waals surface area contributed by atoms with Gasteiger partial charge in [0, 0.05) is 0 Å². The van der Waals surface area contributed by atoms with Gasteiger partial charge in [0.15, 0.2) is 0 Å². The van der Waals surface area contributed by atoms with Gasteiger partial charge in [0.1, 0.15) is 11.6 Å². The molecule has 0 heterocycles. The highest BCUT2D eigenvalue weighted by atomic mass is 19.1. The quantitative estimate of drug-likeness (QED) is 0.861. The van der Waals surface area contributed by atoms with Gasteiger partial charge in [-0.05, 0) is 31.0 Å². The van der Waals surface area contributed by atoms with Crippen LogP contribution in [0.5, 0.6) is 5.75 Å². The molecule has 1 unspecified atom stereocenters. The summed E-state index contributed by atoms with van der Waals surface area (Å²) in [4.78, 5) is 12.2. The molecule has 0 aliphatic carbocycles. The first-order valence-electron chi connectivity index (χ1n) is 7.45. The zero-order valence-corrected chi connectivity index (χ0v) is 13.3. The van der Waals surface area contributed by atoms with Gasteiger partial charge in [-0.15, -0.1) is 0 Å². The van der Waals surface area contributed by atoms with Crippen LogP contribution in [-0.2, 0) is 11.2 Å². The number of nitrogens with one attached hydrogen (secondary N) is 1. The summed E-state index contributed by atoms with van der Waals surface area (Å²) in [6, 6.07) is 12.8. The molecule has 2 aromatic rings. The Morgan fingerprint density at radius 3 is 2.57 bits per heavy atom. The summed E-state index contributed by atoms with van der Waals surface area (Å²) in [5.41, 5.74) is 7.24. The molecule has 0 saturated carbocycles. The molecule has 5 heteroatoms. The third-order valence-corrected chi connectivity index (χ3v) is 3.66. The Bertz CT molecular complexity index is 661. The average Bonchev–Trinajstić information content (AvgIpc) is 2.55. The molecule has 2 aromatic carbocycles. The zero-order chi connectivity index (χ0) is 16.8. The minimum absolute atomic E-state index is 0.315. The zero-order valence-electron chi connectivity index (χ0n) is 13.3. The Balaban J connectivity index is 2.05. The van der Waals surface area contributed by atoms with E-state index in [1.807, 2.05) is 30.3 Å². The van der Waals surface area contributed by atoms with Crippen molar-refractivity contribution in [2.75, 3.05) is 7.11 Å². The van der Waals surface area contributed by atoms with Crippen LogP contribution in [-0.4, -0.2) is 19.1 Å². The number of rotatable bonds is 6. The number of nitrogens with two attached hydrogens (primary N) is 1. The van der Waals surface area contributed by atoms with Crippen LogP contribution in [0.25, 0.3) is 0 Å². The smallest absolute Gasteiger partial charge is 0.237 e. The normalized spacial score (nSPS) is 13.2. The number of hydrogen-bond acceptors (Lipinski definition) is 3. The fourth-order valence-corrected chi connectivity index (χ4v) is 2.47. The van der Waals surface area contributed by atoms with Crippen molar-refractivity contribution in [3.05, 3.63) is 65.5 Å². The summed E-state index contributed by atoms with van der Waals surface area (Å²) in [5, 5.41) is 2.75. The maximum absolute atomic E-state index is 14.0. The number of carbonyl (C=O) groups excluding carboxylic acids is 1.